The van der Waals surface area contributed by atoms with Crippen LogP contribution in [0.2, 0.25) is 0 Å². The van der Waals surface area contributed by atoms with E-state index in [0.717, 1.165) is 0 Å². The van der Waals surface area contributed by atoms with E-state index in [2.05, 4.69) is 42.0 Å². The molecule has 0 radical (unpaired) electrons. The molecule has 3 heterocycles. The van der Waals surface area contributed by atoms with Crippen LogP contribution in [-0.4, -0.2) is 47.4 Å². The molecule has 0 aliphatic carbocycles. The summed E-state index contributed by atoms with van der Waals surface area (Å²) in [4.78, 5) is 36.4. The lowest BCUT2D eigenvalue weighted by Gasteiger charge is -2.12. The van der Waals surface area contributed by atoms with E-state index in [-0.39, 0.29) is 23.5 Å². The summed E-state index contributed by atoms with van der Waals surface area (Å²) in [6, 6.07) is 5.87. The lowest BCUT2D eigenvalue weighted by atomic mass is 10.3. The number of halogens is 3. The van der Waals surface area contributed by atoms with Gasteiger partial charge in [0.25, 0.3) is 5.91 Å². The number of aromatic nitrogens is 6. The molecule has 15 heteroatoms. The van der Waals surface area contributed by atoms with Crippen molar-refractivity contribution in [3.8, 4) is 11.8 Å². The van der Waals surface area contributed by atoms with E-state index in [1.807, 2.05) is 18.4 Å². The Kier molecular flexibility index (Phi) is 7.01. The Morgan fingerprint density at radius 2 is 1.92 bits per heavy atom. The summed E-state index contributed by atoms with van der Waals surface area (Å²) in [5, 5.41) is 9.54. The number of esters is 1. The number of carbonyl (C=O) groups is 2. The number of anilines is 3. The highest BCUT2D eigenvalue weighted by Gasteiger charge is 2.42. The summed E-state index contributed by atoms with van der Waals surface area (Å²) in [6.45, 7) is 6.98. The van der Waals surface area contributed by atoms with Crippen LogP contribution in [0.5, 0.6) is 11.8 Å². The van der Waals surface area contributed by atoms with Crippen LogP contribution in [0, 0.1) is 0 Å². The number of hydrogen-bond acceptors (Lipinski definition) is 9. The molecule has 0 atom stereocenters. The molecule has 1 aromatic carbocycles. The largest absolute Gasteiger partial charge is 0.491 e. The Labute approximate surface area is 213 Å². The molecule has 198 valence electrons. The second kappa shape index (κ2) is 10.2. The van der Waals surface area contributed by atoms with Gasteiger partial charge in [-0.05, 0) is 26.0 Å². The molecule has 0 unspecified atom stereocenters. The summed E-state index contributed by atoms with van der Waals surface area (Å²) in [6.07, 6.45) is -0.273. The van der Waals surface area contributed by atoms with Crippen LogP contribution in [0.4, 0.5) is 30.4 Å². The summed E-state index contributed by atoms with van der Waals surface area (Å²) in [7, 11) is 1.77. The molecule has 38 heavy (non-hydrogen) atoms. The monoisotopic (exact) mass is 530 g/mol. The van der Waals surface area contributed by atoms with Gasteiger partial charge in [-0.3, -0.25) is 9.48 Å². The van der Waals surface area contributed by atoms with Gasteiger partial charge >= 0.3 is 18.2 Å². The van der Waals surface area contributed by atoms with Crippen molar-refractivity contribution in [1.29, 1.82) is 0 Å². The SMILES string of the molecule is C=C(OC(=O)C(F)(F)F)C(=O)Nc1cccc(Oc2nc(Nc3cnn(C)c3)c3ncn(C(C)C)c3n2)c1. The van der Waals surface area contributed by atoms with Crippen molar-refractivity contribution in [2.45, 2.75) is 26.1 Å². The highest BCUT2D eigenvalue weighted by atomic mass is 19.4. The van der Waals surface area contributed by atoms with Gasteiger partial charge in [0.2, 0.25) is 0 Å². The van der Waals surface area contributed by atoms with Crippen LogP contribution in [0.15, 0.2) is 55.3 Å². The van der Waals surface area contributed by atoms with E-state index in [1.165, 1.54) is 18.2 Å². The minimum Gasteiger partial charge on any atom is -0.424 e. The molecule has 0 fully saturated rings. The molecule has 0 aliphatic heterocycles. The molecule has 0 spiro atoms. The van der Waals surface area contributed by atoms with Gasteiger partial charge in [-0.1, -0.05) is 12.6 Å². The van der Waals surface area contributed by atoms with Crippen LogP contribution in [0.3, 0.4) is 0 Å². The first-order valence-electron chi connectivity index (χ1n) is 11.0. The van der Waals surface area contributed by atoms with E-state index in [0.29, 0.717) is 22.7 Å². The number of ether oxygens (including phenoxy) is 2. The van der Waals surface area contributed by atoms with Crippen molar-refractivity contribution in [3.63, 3.8) is 0 Å². The highest BCUT2D eigenvalue weighted by Crippen LogP contribution is 2.29. The Hall–Kier alpha value is -4.95. The Morgan fingerprint density at radius 1 is 1.16 bits per heavy atom. The van der Waals surface area contributed by atoms with Crippen molar-refractivity contribution >= 4 is 40.2 Å². The quantitative estimate of drug-likeness (QED) is 0.195. The topological polar surface area (TPSA) is 138 Å². The third-order valence-corrected chi connectivity index (χ3v) is 4.93. The van der Waals surface area contributed by atoms with Gasteiger partial charge in [0.15, 0.2) is 22.7 Å². The molecule has 3 aromatic heterocycles. The molecular formula is C23H21F3N8O4. The number of nitrogens with one attached hydrogen (secondary N) is 2. The van der Waals surface area contributed by atoms with Gasteiger partial charge < -0.3 is 24.7 Å². The second-order valence-corrected chi connectivity index (χ2v) is 8.19. The van der Waals surface area contributed by atoms with E-state index < -0.39 is 23.8 Å². The molecule has 0 bridgehead atoms. The van der Waals surface area contributed by atoms with Gasteiger partial charge in [-0.15, -0.1) is 0 Å². The Bertz CT molecular complexity index is 1530. The number of amides is 1. The molecule has 4 aromatic rings. The first-order chi connectivity index (χ1) is 17.9. The number of rotatable bonds is 8. The third-order valence-electron chi connectivity index (χ3n) is 4.93. The molecule has 0 aliphatic rings. The summed E-state index contributed by atoms with van der Waals surface area (Å²) in [5.41, 5.74) is 1.79. The molecule has 2 N–H and O–H groups in total. The van der Waals surface area contributed by atoms with Gasteiger partial charge in [-0.2, -0.15) is 28.2 Å². The third kappa shape index (κ3) is 5.88. The second-order valence-electron chi connectivity index (χ2n) is 8.19. The van der Waals surface area contributed by atoms with Crippen molar-refractivity contribution in [2.24, 2.45) is 7.05 Å². The first-order valence-corrected chi connectivity index (χ1v) is 11.0. The fourth-order valence-electron chi connectivity index (χ4n) is 3.19. The zero-order valence-corrected chi connectivity index (χ0v) is 20.3. The van der Waals surface area contributed by atoms with Crippen LogP contribution >= 0.6 is 0 Å². The van der Waals surface area contributed by atoms with Crippen LogP contribution in [-0.2, 0) is 21.4 Å². The maximum atomic E-state index is 12.4. The van der Waals surface area contributed by atoms with Gasteiger partial charge in [-0.25, -0.2) is 9.78 Å². The Morgan fingerprint density at radius 3 is 2.58 bits per heavy atom. The van der Waals surface area contributed by atoms with E-state index in [1.54, 1.807) is 36.5 Å². The van der Waals surface area contributed by atoms with E-state index >= 15 is 0 Å². The van der Waals surface area contributed by atoms with Gasteiger partial charge in [0, 0.05) is 31.0 Å². The minimum atomic E-state index is -5.27. The maximum absolute atomic E-state index is 12.4. The Balaban J connectivity index is 1.57. The molecular weight excluding hydrogens is 509 g/mol. The maximum Gasteiger partial charge on any atom is 0.491 e. The smallest absolute Gasteiger partial charge is 0.424 e. The zero-order valence-electron chi connectivity index (χ0n) is 20.3. The van der Waals surface area contributed by atoms with E-state index in [4.69, 9.17) is 4.74 Å². The normalized spacial score (nSPS) is 11.4. The predicted octanol–water partition coefficient (Wildman–Crippen LogP) is 4.23. The average molecular weight is 530 g/mol. The predicted molar refractivity (Wildman–Crippen MR) is 129 cm³/mol. The molecule has 12 nitrogen and oxygen atoms in total. The van der Waals surface area contributed by atoms with Crippen LogP contribution in [0.1, 0.15) is 19.9 Å². The number of hydrogen-bond donors (Lipinski definition) is 2. The number of carbonyl (C=O) groups excluding carboxylic acids is 2. The summed E-state index contributed by atoms with van der Waals surface area (Å²) >= 11 is 0. The lowest BCUT2D eigenvalue weighted by molar-refractivity contribution is -0.195. The molecule has 4 rings (SSSR count). The number of aryl methyl sites for hydroxylation is 1. The van der Waals surface area contributed by atoms with Crippen molar-refractivity contribution in [1.82, 2.24) is 29.3 Å². The standard InChI is InChI=1S/C23H21F3N8O4/c1-12(2)34-11-27-17-18(29-15-9-28-33(4)10-15)31-22(32-19(17)34)38-16-7-5-6-14(8-16)30-20(35)13(3)37-21(36)23(24,25)26/h5-12H,3H2,1-2,4H3,(H,30,35)(H,29,31,32). The zero-order chi connectivity index (χ0) is 27.6. The minimum absolute atomic E-state index is 0.0343. The molecule has 0 saturated carbocycles. The number of benzene rings is 1. The fourth-order valence-corrected chi connectivity index (χ4v) is 3.19. The first kappa shape index (κ1) is 26.1. The number of nitrogens with zero attached hydrogens (tertiary/aromatic N) is 6. The fraction of sp³-hybridized carbons (Fsp3) is 0.217. The average Bonchev–Trinajstić information content (AvgIpc) is 3.44. The number of imidazole rings is 1. The number of alkyl halides is 3. The van der Waals surface area contributed by atoms with Crippen molar-refractivity contribution < 1.29 is 32.2 Å². The van der Waals surface area contributed by atoms with Crippen molar-refractivity contribution in [2.75, 3.05) is 10.6 Å². The van der Waals surface area contributed by atoms with Crippen molar-refractivity contribution in [3.05, 3.63) is 55.3 Å². The van der Waals surface area contributed by atoms with E-state index in [9.17, 15) is 22.8 Å². The molecule has 1 amide bonds. The molecule has 0 saturated heterocycles. The lowest BCUT2D eigenvalue weighted by Crippen LogP contribution is -2.28. The number of fused-ring (bicyclic) bond motifs is 1. The van der Waals surface area contributed by atoms with Crippen LogP contribution in [0.25, 0.3) is 11.2 Å². The van der Waals surface area contributed by atoms with Gasteiger partial charge in [0.05, 0.1) is 18.2 Å². The summed E-state index contributed by atoms with van der Waals surface area (Å²) < 4.78 is 50.3. The van der Waals surface area contributed by atoms with Crippen LogP contribution < -0.4 is 15.4 Å². The summed E-state index contributed by atoms with van der Waals surface area (Å²) in [5.74, 6) is -4.17. The van der Waals surface area contributed by atoms with Gasteiger partial charge in [0.1, 0.15) is 5.75 Å². The highest BCUT2D eigenvalue weighted by molar-refractivity contribution is 6.03.